The van der Waals surface area contributed by atoms with Crippen LogP contribution < -0.4 is 39.7 Å². The number of rotatable bonds is 4. The molecule has 3 aromatic carbocycles. The van der Waals surface area contributed by atoms with Gasteiger partial charge in [-0.1, -0.05) is 48.2 Å². The summed E-state index contributed by atoms with van der Waals surface area (Å²) in [6.45, 7) is 1.62. The number of nitrogens with zero attached hydrogens (tertiary/aromatic N) is 4. The average Bonchev–Trinajstić information content (AvgIpc) is 3.00. The largest absolute Gasteiger partial charge is 1.00 e. The number of azo groups is 1. The third-order valence-corrected chi connectivity index (χ3v) is 5.46. The number of anilines is 1. The van der Waals surface area contributed by atoms with Crippen molar-refractivity contribution in [1.29, 1.82) is 0 Å². The quantitative estimate of drug-likeness (QED) is 0.308. The van der Waals surface area contributed by atoms with Crippen molar-refractivity contribution in [2.75, 3.05) is 5.01 Å². The molecule has 1 amide bonds. The second kappa shape index (κ2) is 8.85. The minimum atomic E-state index is -4.86. The first-order valence-electron chi connectivity index (χ1n) is 8.81. The minimum absolute atomic E-state index is 0. The van der Waals surface area contributed by atoms with Crippen LogP contribution in [0.15, 0.2) is 80.9 Å². The minimum Gasteiger partial charge on any atom is -0.871 e. The molecule has 0 N–H and O–H groups in total. The Morgan fingerprint density at radius 3 is 2.29 bits per heavy atom. The van der Waals surface area contributed by atoms with E-state index in [2.05, 4.69) is 15.3 Å². The van der Waals surface area contributed by atoms with E-state index in [4.69, 9.17) is 0 Å². The normalized spacial score (nSPS) is 16.6. The molecule has 152 valence electrons. The van der Waals surface area contributed by atoms with Gasteiger partial charge in [0.05, 0.1) is 22.0 Å². The summed E-state index contributed by atoms with van der Waals surface area (Å²) in [4.78, 5) is 12.1. The first kappa shape index (κ1) is 23.0. The van der Waals surface area contributed by atoms with E-state index in [1.165, 1.54) is 23.2 Å². The van der Waals surface area contributed by atoms with Gasteiger partial charge in [0.2, 0.25) is 0 Å². The molecule has 1 aliphatic rings. The number of hydrogen-bond acceptors (Lipinski definition) is 8. The number of hydrazone groups is 1. The zero-order valence-electron chi connectivity index (χ0n) is 16.6. The van der Waals surface area contributed by atoms with Crippen LogP contribution in [0.25, 0.3) is 10.8 Å². The summed E-state index contributed by atoms with van der Waals surface area (Å²) in [5.74, 6) is -1.22. The second-order valence-corrected chi connectivity index (χ2v) is 7.91. The summed E-state index contributed by atoms with van der Waals surface area (Å²) in [5.41, 5.74) is 0.805. The summed E-state index contributed by atoms with van der Waals surface area (Å²) >= 11 is 0. The van der Waals surface area contributed by atoms with Crippen molar-refractivity contribution in [2.24, 2.45) is 15.3 Å². The summed E-state index contributed by atoms with van der Waals surface area (Å²) in [5, 5.41) is 26.1. The number of amides is 1. The zero-order chi connectivity index (χ0) is 21.5. The van der Waals surface area contributed by atoms with Gasteiger partial charge in [-0.2, -0.15) is 20.3 Å². The molecule has 3 aromatic rings. The van der Waals surface area contributed by atoms with Crippen molar-refractivity contribution in [1.82, 2.24) is 0 Å². The Bertz CT molecular complexity index is 1330. The van der Waals surface area contributed by atoms with E-state index in [0.29, 0.717) is 11.4 Å². The first-order valence-corrected chi connectivity index (χ1v) is 10.2. The van der Waals surface area contributed by atoms with E-state index in [0.717, 1.165) is 6.07 Å². The molecule has 1 heterocycles. The van der Waals surface area contributed by atoms with E-state index in [9.17, 15) is 22.9 Å². The number of carbonyl (C=O) groups is 1. The third kappa shape index (κ3) is 4.39. The number of hydrogen-bond donors (Lipinski definition) is 0. The van der Waals surface area contributed by atoms with Crippen LogP contribution in [0, 0.1) is 0 Å². The van der Waals surface area contributed by atoms with E-state index in [1.807, 2.05) is 6.07 Å². The van der Waals surface area contributed by atoms with Crippen molar-refractivity contribution in [3.63, 3.8) is 0 Å². The molecule has 0 saturated carbocycles. The fourth-order valence-electron chi connectivity index (χ4n) is 3.17. The van der Waals surface area contributed by atoms with Crippen molar-refractivity contribution < 1.29 is 52.4 Å². The molecule has 0 aromatic heterocycles. The Balaban J connectivity index is 0.00000272. The van der Waals surface area contributed by atoms with Crippen LogP contribution >= 0.6 is 0 Å². The Labute approximate surface area is 200 Å². The molecule has 1 aliphatic heterocycles. The molecule has 0 bridgehead atoms. The molecule has 1 unspecified atom stereocenters. The van der Waals surface area contributed by atoms with Crippen LogP contribution in [0.1, 0.15) is 6.92 Å². The van der Waals surface area contributed by atoms with E-state index in [1.54, 1.807) is 37.3 Å². The van der Waals surface area contributed by atoms with Crippen LogP contribution in [0.2, 0.25) is 0 Å². The molecule has 4 rings (SSSR count). The van der Waals surface area contributed by atoms with E-state index < -0.39 is 32.7 Å². The summed E-state index contributed by atoms with van der Waals surface area (Å²) in [6.07, 6.45) is 0. The van der Waals surface area contributed by atoms with Crippen LogP contribution in [0.4, 0.5) is 11.4 Å². The van der Waals surface area contributed by atoms with Crippen LogP contribution in [-0.4, -0.2) is 30.6 Å². The molecular formula is C20H14N4NaO5S-. The molecule has 9 nitrogen and oxygen atoms in total. The Kier molecular flexibility index (Phi) is 6.58. The van der Waals surface area contributed by atoms with Gasteiger partial charge in [-0.15, -0.1) is 0 Å². The Morgan fingerprint density at radius 2 is 1.65 bits per heavy atom. The molecule has 0 saturated heterocycles. The molecule has 1 atom stereocenters. The summed E-state index contributed by atoms with van der Waals surface area (Å²) < 4.78 is 34.6. The maximum atomic E-state index is 12.7. The monoisotopic (exact) mass is 445 g/mol. The molecule has 0 spiro atoms. The molecule has 11 heteroatoms. The van der Waals surface area contributed by atoms with Gasteiger partial charge in [0, 0.05) is 10.8 Å². The number of para-hydroxylation sites is 1. The maximum Gasteiger partial charge on any atom is 1.00 e. The van der Waals surface area contributed by atoms with Gasteiger partial charge >= 0.3 is 29.6 Å². The smallest absolute Gasteiger partial charge is 0.871 e. The van der Waals surface area contributed by atoms with Gasteiger partial charge in [0.25, 0.3) is 5.91 Å². The van der Waals surface area contributed by atoms with Crippen molar-refractivity contribution in [3.8, 4) is 5.75 Å². The summed E-state index contributed by atoms with van der Waals surface area (Å²) in [6, 6.07) is 14.5. The van der Waals surface area contributed by atoms with Gasteiger partial charge < -0.3 is 9.66 Å². The van der Waals surface area contributed by atoms with Gasteiger partial charge in [-0.25, -0.2) is 8.42 Å². The topological polar surface area (TPSA) is 138 Å². The van der Waals surface area contributed by atoms with Gasteiger partial charge in [0.15, 0.2) is 6.04 Å². The average molecular weight is 445 g/mol. The number of carbonyl (C=O) groups excluding carboxylic acids is 1. The van der Waals surface area contributed by atoms with Gasteiger partial charge in [-0.05, 0) is 25.1 Å². The van der Waals surface area contributed by atoms with Gasteiger partial charge in [0.1, 0.15) is 10.1 Å². The molecular weight excluding hydrogens is 431 g/mol. The van der Waals surface area contributed by atoms with Crippen LogP contribution in [0.3, 0.4) is 0 Å². The van der Waals surface area contributed by atoms with Crippen LogP contribution in [0.5, 0.6) is 5.75 Å². The first-order chi connectivity index (χ1) is 14.3. The Morgan fingerprint density at radius 1 is 1.03 bits per heavy atom. The number of fused-ring (bicyclic) bond motifs is 1. The standard InChI is InChI=1S/C20H16N4O5S.Na/c1-12-18(20(26)24(23-12)13-7-3-2-4-8-13)21-22-19-15-10-6-5-9-14(15)17(11-16(19)25)30(27,28)29;/h2-11,18,25H,1H3,(H,27,28,29);/q;+1/p-2. The molecule has 0 radical (unpaired) electrons. The zero-order valence-corrected chi connectivity index (χ0v) is 19.4. The Hall–Kier alpha value is -2.63. The molecule has 31 heavy (non-hydrogen) atoms. The third-order valence-electron chi connectivity index (χ3n) is 4.58. The number of benzene rings is 3. The predicted octanol–water partition coefficient (Wildman–Crippen LogP) is -0.304. The molecule has 0 aliphatic carbocycles. The van der Waals surface area contributed by atoms with E-state index >= 15 is 0 Å². The van der Waals surface area contributed by atoms with Crippen molar-refractivity contribution in [2.45, 2.75) is 17.9 Å². The fourth-order valence-corrected chi connectivity index (χ4v) is 3.87. The molecule has 0 fully saturated rings. The fraction of sp³-hybridized carbons (Fsp3) is 0.100. The van der Waals surface area contributed by atoms with Crippen molar-refractivity contribution in [3.05, 3.63) is 60.7 Å². The predicted molar refractivity (Wildman–Crippen MR) is 107 cm³/mol. The van der Waals surface area contributed by atoms with Crippen molar-refractivity contribution >= 4 is 43.9 Å². The van der Waals surface area contributed by atoms with Crippen LogP contribution in [-0.2, 0) is 14.9 Å². The van der Waals surface area contributed by atoms with Gasteiger partial charge in [-0.3, -0.25) is 4.79 Å². The maximum absolute atomic E-state index is 12.7. The second-order valence-electron chi connectivity index (χ2n) is 6.57. The SMILES string of the molecule is CC1=NN(c2ccccc2)C(=O)C1N=Nc1c([O-])cc(S(=O)(=O)[O-])c2ccccc12.[Na+]. The summed E-state index contributed by atoms with van der Waals surface area (Å²) in [7, 11) is -4.86. The van der Waals surface area contributed by atoms with E-state index in [-0.39, 0.29) is 46.0 Å².